The van der Waals surface area contributed by atoms with Gasteiger partial charge in [-0.05, 0) is 61.6 Å². The lowest BCUT2D eigenvalue weighted by Crippen LogP contribution is -2.17. The number of ether oxygens (including phenoxy) is 1. The lowest BCUT2D eigenvalue weighted by atomic mass is 10.3. The van der Waals surface area contributed by atoms with Crippen LogP contribution < -0.4 is 16.0 Å². The highest BCUT2D eigenvalue weighted by molar-refractivity contribution is 7.07. The Morgan fingerprint density at radius 2 is 1.16 bits per heavy atom. The predicted molar refractivity (Wildman–Crippen MR) is 245 cm³/mol. The minimum Gasteiger partial charge on any atom is -0.501 e. The van der Waals surface area contributed by atoms with Gasteiger partial charge >= 0.3 is 0 Å². The zero-order valence-corrected chi connectivity index (χ0v) is 36.4. The van der Waals surface area contributed by atoms with Crippen molar-refractivity contribution in [3.63, 3.8) is 0 Å². The van der Waals surface area contributed by atoms with Crippen molar-refractivity contribution in [2.24, 2.45) is 0 Å². The highest BCUT2D eigenvalue weighted by Crippen LogP contribution is 1.93. The molecule has 0 aliphatic carbocycles. The Balaban J connectivity index is 0.000000344. The number of rotatable bonds is 0. The van der Waals surface area contributed by atoms with E-state index in [0.717, 1.165) is 45.8 Å². The first-order chi connectivity index (χ1) is 31.5. The monoisotopic (exact) mass is 897 g/mol. The van der Waals surface area contributed by atoms with E-state index >= 15 is 0 Å². The van der Waals surface area contributed by atoms with Crippen LogP contribution in [0, 0.1) is 0 Å². The van der Waals surface area contributed by atoms with Gasteiger partial charge in [0.25, 0.3) is 0 Å². The van der Waals surface area contributed by atoms with E-state index in [1.165, 1.54) is 44.7 Å². The molecule has 12 heterocycles. The minimum absolute atomic E-state index is 0.889. The SMILES string of the molecule is C1=CCNC1.C1=CCNC=C1.C1=CCNCC1.C1=COCC1.c1ccncc1.c1ccoc1.c1cn[nH]c1.c1cocn1.c1cscn1.c1cscn1.c1nnco1.c1nnco1. The molecule has 12 rings (SSSR count). The van der Waals surface area contributed by atoms with Gasteiger partial charge in [-0.3, -0.25) is 20.1 Å². The molecule has 0 bridgehead atoms. The highest BCUT2D eigenvalue weighted by Gasteiger charge is 1.85. The van der Waals surface area contributed by atoms with Crippen molar-refractivity contribution >= 4 is 22.7 Å². The summed E-state index contributed by atoms with van der Waals surface area (Å²) >= 11 is 3.20. The number of pyridine rings is 1. The number of hydrogen-bond acceptors (Lipinski definition) is 19. The summed E-state index contributed by atoms with van der Waals surface area (Å²) in [7, 11) is 0. The van der Waals surface area contributed by atoms with Crippen LogP contribution in [-0.4, -0.2) is 89.9 Å². The van der Waals surface area contributed by atoms with E-state index in [0.29, 0.717) is 0 Å². The molecule has 8 aromatic rings. The van der Waals surface area contributed by atoms with Crippen LogP contribution in [0.3, 0.4) is 0 Å². The predicted octanol–water partition coefficient (Wildman–Crippen LogP) is 8.13. The number of furan rings is 1. The minimum atomic E-state index is 0.889. The maximum absolute atomic E-state index is 4.76. The Kier molecular flexibility index (Phi) is 43.2. The average Bonchev–Trinajstić information content (AvgIpc) is 4.25. The molecule has 0 radical (unpaired) electrons. The third kappa shape index (κ3) is 48.9. The molecule has 20 heteroatoms. The summed E-state index contributed by atoms with van der Waals surface area (Å²) in [6.45, 7) is 6.24. The number of nitrogens with zero attached hydrogens (tertiary/aromatic N) is 9. The molecule has 0 saturated heterocycles. The quantitative estimate of drug-likeness (QED) is 0.105. The maximum Gasteiger partial charge on any atom is 0.203 e. The van der Waals surface area contributed by atoms with Gasteiger partial charge in [-0.1, -0.05) is 42.5 Å². The first-order valence-electron chi connectivity index (χ1n) is 19.1. The van der Waals surface area contributed by atoms with Crippen LogP contribution in [0.2, 0.25) is 0 Å². The first-order valence-corrected chi connectivity index (χ1v) is 21.0. The van der Waals surface area contributed by atoms with E-state index < -0.39 is 0 Å². The fraction of sp³-hybridized carbons (Fsp3) is 0.186. The number of aromatic amines is 1. The van der Waals surface area contributed by atoms with Crippen LogP contribution in [-0.2, 0) is 4.74 Å². The Labute approximate surface area is 375 Å². The summed E-state index contributed by atoms with van der Waals surface area (Å²) in [5, 5.41) is 32.6. The molecule has 63 heavy (non-hydrogen) atoms. The molecule has 0 spiro atoms. The zero-order chi connectivity index (χ0) is 44.5. The van der Waals surface area contributed by atoms with Gasteiger partial charge in [-0.15, -0.1) is 43.1 Å². The lowest BCUT2D eigenvalue weighted by Gasteiger charge is -2.01. The van der Waals surface area contributed by atoms with Crippen molar-refractivity contribution < 1.29 is 22.4 Å². The second kappa shape index (κ2) is 50.8. The summed E-state index contributed by atoms with van der Waals surface area (Å²) < 4.78 is 22.5. The van der Waals surface area contributed by atoms with Crippen LogP contribution in [0.1, 0.15) is 12.8 Å². The van der Waals surface area contributed by atoms with Crippen LogP contribution in [0.4, 0.5) is 0 Å². The number of allylic oxidation sites excluding steroid dienone is 2. The third-order valence-corrected chi connectivity index (χ3v) is 6.95. The molecule has 4 aliphatic rings. The van der Waals surface area contributed by atoms with Crippen LogP contribution in [0.25, 0.3) is 0 Å². The van der Waals surface area contributed by atoms with Gasteiger partial charge < -0.3 is 38.4 Å². The van der Waals surface area contributed by atoms with Crippen LogP contribution >= 0.6 is 22.7 Å². The average molecular weight is 898 g/mol. The maximum atomic E-state index is 4.76. The molecular weight excluding hydrogens is 843 g/mol. The normalized spacial score (nSPS) is 12.1. The Bertz CT molecular complexity index is 1490. The molecule has 0 saturated carbocycles. The fourth-order valence-electron chi connectivity index (χ4n) is 3.29. The molecule has 0 fully saturated rings. The summed E-state index contributed by atoms with van der Waals surface area (Å²) in [6.07, 6.45) is 45.9. The first kappa shape index (κ1) is 53.6. The number of dihydropyridines is 1. The molecule has 4 aliphatic heterocycles. The molecule has 0 aromatic carbocycles. The smallest absolute Gasteiger partial charge is 0.203 e. The molecule has 8 aromatic heterocycles. The van der Waals surface area contributed by atoms with E-state index in [4.69, 9.17) is 4.74 Å². The zero-order valence-electron chi connectivity index (χ0n) is 34.7. The van der Waals surface area contributed by atoms with Crippen LogP contribution in [0.5, 0.6) is 0 Å². The highest BCUT2D eigenvalue weighted by atomic mass is 32.1. The molecule has 4 N–H and O–H groups in total. The van der Waals surface area contributed by atoms with E-state index in [2.05, 4.69) is 115 Å². The van der Waals surface area contributed by atoms with Crippen LogP contribution in [0.15, 0.2) is 231 Å². The summed E-state index contributed by atoms with van der Waals surface area (Å²) in [4.78, 5) is 14.8. The number of hydrogen-bond donors (Lipinski definition) is 4. The van der Waals surface area contributed by atoms with E-state index in [9.17, 15) is 0 Å². The second-order valence-corrected chi connectivity index (χ2v) is 12.1. The second-order valence-electron chi connectivity index (χ2n) is 10.6. The van der Waals surface area contributed by atoms with Gasteiger partial charge in [0, 0.05) is 80.5 Å². The number of aromatic nitrogens is 10. The van der Waals surface area contributed by atoms with Gasteiger partial charge in [0.2, 0.25) is 25.6 Å². The van der Waals surface area contributed by atoms with Gasteiger partial charge in [-0.2, -0.15) is 5.10 Å². The van der Waals surface area contributed by atoms with Gasteiger partial charge in [0.1, 0.15) is 6.26 Å². The largest absolute Gasteiger partial charge is 0.501 e. The van der Waals surface area contributed by atoms with Crippen molar-refractivity contribution in [3.05, 3.63) is 213 Å². The lowest BCUT2D eigenvalue weighted by molar-refractivity contribution is 0.281. The van der Waals surface area contributed by atoms with Gasteiger partial charge in [0.15, 0.2) is 6.39 Å². The molecule has 334 valence electrons. The van der Waals surface area contributed by atoms with Crippen molar-refractivity contribution in [1.82, 2.24) is 66.5 Å². The van der Waals surface area contributed by atoms with Gasteiger partial charge in [0.05, 0.1) is 42.6 Å². The number of thiazole rings is 2. The number of oxazole rings is 1. The van der Waals surface area contributed by atoms with Crippen molar-refractivity contribution in [2.75, 3.05) is 39.3 Å². The Morgan fingerprint density at radius 1 is 0.476 bits per heavy atom. The van der Waals surface area contributed by atoms with Crippen molar-refractivity contribution in [2.45, 2.75) is 12.8 Å². The van der Waals surface area contributed by atoms with Gasteiger partial charge in [-0.25, -0.2) is 4.98 Å². The van der Waals surface area contributed by atoms with E-state index in [1.54, 1.807) is 95.9 Å². The number of H-pyrrole nitrogens is 1. The topological polar surface area (TPSA) is 230 Å². The molecule has 0 amide bonds. The van der Waals surface area contributed by atoms with Crippen molar-refractivity contribution in [3.8, 4) is 0 Å². The summed E-state index contributed by atoms with van der Waals surface area (Å²) in [5.41, 5.74) is 3.58. The number of nitrogens with one attached hydrogen (secondary N) is 4. The van der Waals surface area contributed by atoms with E-state index in [-0.39, 0.29) is 0 Å². The molecule has 0 unspecified atom stereocenters. The van der Waals surface area contributed by atoms with Crippen molar-refractivity contribution in [1.29, 1.82) is 0 Å². The standard InChI is InChI=1S/C5H9N.C5H7N.C5H5N.C4H7N.C4H6O.C4H4O.C3H4N2.C3H3NO.2C3H3NS.2C2H2N2O/c3*1-2-4-6-5-3-1;4*1-2-4-5-3-1;3*1-2-5-3-4-1;2*1-3-4-2-5-1/h1-2,6H,3-5H2;1-4,6H,5H2;1-5H;1-2,5H,3-4H2;1,3H,2,4H2;1-4H;1-3H,(H,4,5);3*1-3H;2*1-2H. The summed E-state index contributed by atoms with van der Waals surface area (Å²) in [5.74, 6) is 0. The Hall–Kier alpha value is -7.39. The molecule has 18 nitrogen and oxygen atoms in total. The molecular formula is C43H55N13O5S2. The van der Waals surface area contributed by atoms with E-state index in [1.807, 2.05) is 71.6 Å². The molecule has 0 atom stereocenters. The fourth-order valence-corrected chi connectivity index (χ4v) is 3.99. The summed E-state index contributed by atoms with van der Waals surface area (Å²) in [6, 6.07) is 11.2. The Morgan fingerprint density at radius 3 is 1.32 bits per heavy atom. The third-order valence-electron chi connectivity index (χ3n) is 5.90.